The molecule has 6 heteroatoms. The lowest BCUT2D eigenvalue weighted by Crippen LogP contribution is -2.26. The zero-order valence-electron chi connectivity index (χ0n) is 8.64. The number of nitro groups is 1. The Morgan fingerprint density at radius 2 is 2.60 bits per heavy atom. The zero-order valence-corrected chi connectivity index (χ0v) is 8.64. The number of nitrogens with one attached hydrogen (secondary N) is 1. The third-order valence-corrected chi connectivity index (χ3v) is 2.66. The minimum atomic E-state index is -0.437. The van der Waals surface area contributed by atoms with Crippen molar-refractivity contribution < 1.29 is 4.92 Å². The number of hydrogen-bond donors (Lipinski definition) is 1. The second-order valence-electron chi connectivity index (χ2n) is 3.91. The SMILES string of the molecule is Cc1cn(C[C@H]2CCCN2)nc1[N+](=O)[O-]. The average Bonchev–Trinajstić information content (AvgIpc) is 2.75. The van der Waals surface area contributed by atoms with Crippen LogP contribution in [0.4, 0.5) is 5.82 Å². The van der Waals surface area contributed by atoms with Gasteiger partial charge in [0.15, 0.2) is 0 Å². The van der Waals surface area contributed by atoms with Gasteiger partial charge in [-0.3, -0.25) is 0 Å². The van der Waals surface area contributed by atoms with E-state index in [4.69, 9.17) is 0 Å². The van der Waals surface area contributed by atoms with Crippen molar-refractivity contribution in [1.82, 2.24) is 15.1 Å². The van der Waals surface area contributed by atoms with Crippen LogP contribution in [0.25, 0.3) is 0 Å². The molecule has 1 N–H and O–H groups in total. The third-order valence-electron chi connectivity index (χ3n) is 2.66. The maximum atomic E-state index is 10.6. The Labute approximate surface area is 87.4 Å². The van der Waals surface area contributed by atoms with E-state index >= 15 is 0 Å². The van der Waals surface area contributed by atoms with E-state index in [9.17, 15) is 10.1 Å². The summed E-state index contributed by atoms with van der Waals surface area (Å²) in [5, 5.41) is 17.9. The van der Waals surface area contributed by atoms with Crippen molar-refractivity contribution in [2.45, 2.75) is 32.4 Å². The molecule has 2 rings (SSSR count). The smallest absolute Gasteiger partial charge is 0.358 e. The van der Waals surface area contributed by atoms with Gasteiger partial charge in [-0.2, -0.15) is 4.68 Å². The van der Waals surface area contributed by atoms with E-state index in [1.807, 2.05) is 0 Å². The van der Waals surface area contributed by atoms with E-state index in [-0.39, 0.29) is 5.82 Å². The number of rotatable bonds is 3. The molecule has 1 aromatic rings. The Balaban J connectivity index is 2.08. The van der Waals surface area contributed by atoms with Crippen LogP contribution in [0.3, 0.4) is 0 Å². The lowest BCUT2D eigenvalue weighted by Gasteiger charge is -2.06. The molecule has 1 aliphatic rings. The van der Waals surface area contributed by atoms with Crippen LogP contribution in [0.1, 0.15) is 18.4 Å². The molecule has 0 unspecified atom stereocenters. The standard InChI is InChI=1S/C9H14N4O2/c1-7-5-12(11-9(7)13(14)15)6-8-3-2-4-10-8/h5,8,10H,2-4,6H2,1H3/t8-/m1/s1. The van der Waals surface area contributed by atoms with Crippen LogP contribution in [-0.4, -0.2) is 27.3 Å². The van der Waals surface area contributed by atoms with Crippen molar-refractivity contribution in [3.05, 3.63) is 21.9 Å². The summed E-state index contributed by atoms with van der Waals surface area (Å²) >= 11 is 0. The van der Waals surface area contributed by atoms with E-state index in [0.29, 0.717) is 18.2 Å². The van der Waals surface area contributed by atoms with Gasteiger partial charge < -0.3 is 15.4 Å². The molecule has 0 saturated carbocycles. The van der Waals surface area contributed by atoms with Gasteiger partial charge in [-0.15, -0.1) is 0 Å². The molecule has 1 fully saturated rings. The monoisotopic (exact) mass is 210 g/mol. The van der Waals surface area contributed by atoms with E-state index in [1.54, 1.807) is 17.8 Å². The Morgan fingerprint density at radius 1 is 1.80 bits per heavy atom. The molecule has 1 aromatic heterocycles. The summed E-state index contributed by atoms with van der Waals surface area (Å²) < 4.78 is 1.66. The fourth-order valence-corrected chi connectivity index (χ4v) is 1.92. The van der Waals surface area contributed by atoms with E-state index in [1.165, 1.54) is 6.42 Å². The van der Waals surface area contributed by atoms with Crippen LogP contribution < -0.4 is 5.32 Å². The molecule has 0 amide bonds. The summed E-state index contributed by atoms with van der Waals surface area (Å²) in [6, 6.07) is 0.406. The molecule has 0 bridgehead atoms. The molecule has 6 nitrogen and oxygen atoms in total. The van der Waals surface area contributed by atoms with Crippen molar-refractivity contribution >= 4 is 5.82 Å². The highest BCUT2D eigenvalue weighted by molar-refractivity contribution is 5.28. The quantitative estimate of drug-likeness (QED) is 0.593. The summed E-state index contributed by atoms with van der Waals surface area (Å²) in [7, 11) is 0. The van der Waals surface area contributed by atoms with Gasteiger partial charge in [0.1, 0.15) is 0 Å². The second-order valence-corrected chi connectivity index (χ2v) is 3.91. The van der Waals surface area contributed by atoms with Crippen molar-refractivity contribution in [3.8, 4) is 0 Å². The molecule has 0 spiro atoms. The maximum Gasteiger partial charge on any atom is 0.392 e. The summed E-state index contributed by atoms with van der Waals surface area (Å²) in [4.78, 5) is 10.1. The van der Waals surface area contributed by atoms with Gasteiger partial charge in [-0.1, -0.05) is 0 Å². The van der Waals surface area contributed by atoms with Crippen molar-refractivity contribution in [1.29, 1.82) is 0 Å². The van der Waals surface area contributed by atoms with E-state index in [2.05, 4.69) is 10.4 Å². The Hall–Kier alpha value is -1.43. The van der Waals surface area contributed by atoms with Gasteiger partial charge in [0.05, 0.1) is 23.4 Å². The van der Waals surface area contributed by atoms with Crippen LogP contribution >= 0.6 is 0 Å². The van der Waals surface area contributed by atoms with Gasteiger partial charge in [0.2, 0.25) is 0 Å². The Morgan fingerprint density at radius 3 is 3.13 bits per heavy atom. The van der Waals surface area contributed by atoms with Crippen LogP contribution in [0.5, 0.6) is 0 Å². The summed E-state index contributed by atoms with van der Waals surface area (Å²) in [6.45, 7) is 3.46. The van der Waals surface area contributed by atoms with E-state index in [0.717, 1.165) is 13.0 Å². The molecule has 0 radical (unpaired) electrons. The summed E-state index contributed by atoms with van der Waals surface area (Å²) in [5.74, 6) is -0.0343. The lowest BCUT2D eigenvalue weighted by molar-refractivity contribution is -0.390. The summed E-state index contributed by atoms with van der Waals surface area (Å²) in [6.07, 6.45) is 4.03. The zero-order chi connectivity index (χ0) is 10.8. The highest BCUT2D eigenvalue weighted by Crippen LogP contribution is 2.15. The second kappa shape index (κ2) is 3.98. The predicted octanol–water partition coefficient (Wildman–Crippen LogP) is 0.852. The van der Waals surface area contributed by atoms with Crippen LogP contribution in [0, 0.1) is 17.0 Å². The minimum Gasteiger partial charge on any atom is -0.358 e. The molecule has 82 valence electrons. The molecule has 0 aromatic carbocycles. The highest BCUT2D eigenvalue weighted by Gasteiger charge is 2.20. The molecule has 2 heterocycles. The largest absolute Gasteiger partial charge is 0.392 e. The highest BCUT2D eigenvalue weighted by atomic mass is 16.6. The van der Waals surface area contributed by atoms with Gasteiger partial charge >= 0.3 is 5.82 Å². The topological polar surface area (TPSA) is 73.0 Å². The number of hydrogen-bond acceptors (Lipinski definition) is 4. The van der Waals surface area contributed by atoms with Crippen LogP contribution in [-0.2, 0) is 6.54 Å². The number of nitrogens with zero attached hydrogens (tertiary/aromatic N) is 3. The fourth-order valence-electron chi connectivity index (χ4n) is 1.92. The first-order chi connectivity index (χ1) is 7.16. The van der Waals surface area contributed by atoms with Gasteiger partial charge in [-0.05, 0) is 31.2 Å². The van der Waals surface area contributed by atoms with Gasteiger partial charge in [0.25, 0.3) is 0 Å². The first-order valence-corrected chi connectivity index (χ1v) is 5.08. The Bertz CT molecular complexity index is 368. The molecule has 1 atom stereocenters. The maximum absolute atomic E-state index is 10.6. The minimum absolute atomic E-state index is 0.0343. The Kier molecular flexibility index (Phi) is 2.68. The van der Waals surface area contributed by atoms with Crippen LogP contribution in [0.15, 0.2) is 6.20 Å². The van der Waals surface area contributed by atoms with Gasteiger partial charge in [0, 0.05) is 6.04 Å². The first-order valence-electron chi connectivity index (χ1n) is 5.08. The molecular formula is C9H14N4O2. The molecular weight excluding hydrogens is 196 g/mol. The van der Waals surface area contributed by atoms with Crippen molar-refractivity contribution in [2.24, 2.45) is 0 Å². The van der Waals surface area contributed by atoms with E-state index < -0.39 is 4.92 Å². The lowest BCUT2D eigenvalue weighted by atomic mass is 10.2. The van der Waals surface area contributed by atoms with Crippen LogP contribution in [0.2, 0.25) is 0 Å². The van der Waals surface area contributed by atoms with Crippen molar-refractivity contribution in [3.63, 3.8) is 0 Å². The van der Waals surface area contributed by atoms with Crippen molar-refractivity contribution in [2.75, 3.05) is 6.54 Å². The first kappa shape index (κ1) is 10.1. The summed E-state index contributed by atoms with van der Waals surface area (Å²) in [5.41, 5.74) is 0.623. The molecule has 1 aliphatic heterocycles. The molecule has 15 heavy (non-hydrogen) atoms. The molecule has 0 aliphatic carbocycles. The normalized spacial score (nSPS) is 20.7. The van der Waals surface area contributed by atoms with Gasteiger partial charge in [-0.25, -0.2) is 0 Å². The predicted molar refractivity (Wildman–Crippen MR) is 54.6 cm³/mol. The molecule has 1 saturated heterocycles. The number of aryl methyl sites for hydroxylation is 1. The third kappa shape index (κ3) is 2.15. The average molecular weight is 210 g/mol. The number of aromatic nitrogens is 2. The fraction of sp³-hybridized carbons (Fsp3) is 0.667.